The predicted molar refractivity (Wildman–Crippen MR) is 74.4 cm³/mol. The first-order valence-corrected chi connectivity index (χ1v) is 6.45. The number of aromatic nitrogens is 1. The molecule has 0 unspecified atom stereocenters. The molecule has 0 aliphatic carbocycles. The van der Waals surface area contributed by atoms with Crippen molar-refractivity contribution in [2.45, 2.75) is 26.3 Å². The Balaban J connectivity index is 2.44. The van der Waals surface area contributed by atoms with Crippen molar-refractivity contribution in [2.75, 3.05) is 20.8 Å². The Morgan fingerprint density at radius 3 is 2.72 bits per heavy atom. The van der Waals surface area contributed by atoms with E-state index in [1.165, 1.54) is 16.5 Å². The zero-order chi connectivity index (χ0) is 13.0. The van der Waals surface area contributed by atoms with Gasteiger partial charge in [-0.05, 0) is 24.5 Å². The molecule has 18 heavy (non-hydrogen) atoms. The molecular weight excluding hydrogens is 226 g/mol. The number of ether oxygens (including phenoxy) is 2. The highest BCUT2D eigenvalue weighted by Gasteiger charge is 2.11. The molecule has 0 bridgehead atoms. The summed E-state index contributed by atoms with van der Waals surface area (Å²) in [4.78, 5) is 0. The van der Waals surface area contributed by atoms with Crippen molar-refractivity contribution in [1.82, 2.24) is 4.57 Å². The van der Waals surface area contributed by atoms with Crippen molar-refractivity contribution >= 4 is 10.9 Å². The number of hydrogen-bond acceptors (Lipinski definition) is 2. The van der Waals surface area contributed by atoms with Crippen LogP contribution in [0.5, 0.6) is 5.75 Å². The average Bonchev–Trinajstić information content (AvgIpc) is 2.77. The SMILES string of the molecule is CCc1cn(CCCOC)c2c(OC)cccc12. The summed E-state index contributed by atoms with van der Waals surface area (Å²) in [5.74, 6) is 0.949. The molecule has 0 atom stereocenters. The van der Waals surface area contributed by atoms with E-state index < -0.39 is 0 Å². The number of para-hydroxylation sites is 1. The molecule has 98 valence electrons. The summed E-state index contributed by atoms with van der Waals surface area (Å²) in [5.41, 5.74) is 2.58. The minimum absolute atomic E-state index is 0.788. The molecule has 1 aromatic heterocycles. The lowest BCUT2D eigenvalue weighted by Crippen LogP contribution is -2.01. The van der Waals surface area contributed by atoms with E-state index in [1.807, 2.05) is 6.07 Å². The van der Waals surface area contributed by atoms with Gasteiger partial charge in [0.15, 0.2) is 0 Å². The second-order valence-electron chi connectivity index (χ2n) is 4.40. The van der Waals surface area contributed by atoms with Crippen LogP contribution in [0.3, 0.4) is 0 Å². The monoisotopic (exact) mass is 247 g/mol. The maximum Gasteiger partial charge on any atom is 0.143 e. The molecule has 0 spiro atoms. The van der Waals surface area contributed by atoms with Gasteiger partial charge in [-0.2, -0.15) is 0 Å². The van der Waals surface area contributed by atoms with Crippen LogP contribution in [0.15, 0.2) is 24.4 Å². The first kappa shape index (κ1) is 13.0. The standard InChI is InChI=1S/C15H21NO2/c1-4-12-11-16(9-6-10-17-2)15-13(12)7-5-8-14(15)18-3/h5,7-8,11H,4,6,9-10H2,1-3H3. The minimum atomic E-state index is 0.788. The number of benzene rings is 1. The first-order valence-electron chi connectivity index (χ1n) is 6.45. The molecule has 3 heteroatoms. The van der Waals surface area contributed by atoms with Crippen molar-refractivity contribution in [3.05, 3.63) is 30.0 Å². The maximum absolute atomic E-state index is 5.48. The molecule has 0 N–H and O–H groups in total. The minimum Gasteiger partial charge on any atom is -0.495 e. The lowest BCUT2D eigenvalue weighted by atomic mass is 10.1. The summed E-state index contributed by atoms with van der Waals surface area (Å²) < 4.78 is 12.9. The molecule has 1 aromatic carbocycles. The van der Waals surface area contributed by atoms with Crippen LogP contribution < -0.4 is 4.74 Å². The topological polar surface area (TPSA) is 23.4 Å². The Kier molecular flexibility index (Phi) is 4.26. The van der Waals surface area contributed by atoms with Gasteiger partial charge in [0.25, 0.3) is 0 Å². The van der Waals surface area contributed by atoms with Gasteiger partial charge in [-0.15, -0.1) is 0 Å². The molecule has 3 nitrogen and oxygen atoms in total. The van der Waals surface area contributed by atoms with Gasteiger partial charge in [-0.1, -0.05) is 19.1 Å². The van der Waals surface area contributed by atoms with Gasteiger partial charge in [0.05, 0.1) is 12.6 Å². The van der Waals surface area contributed by atoms with Crippen LogP contribution >= 0.6 is 0 Å². The number of fused-ring (bicyclic) bond motifs is 1. The highest BCUT2D eigenvalue weighted by atomic mass is 16.5. The van der Waals surface area contributed by atoms with Crippen molar-refractivity contribution in [1.29, 1.82) is 0 Å². The number of hydrogen-bond donors (Lipinski definition) is 0. The van der Waals surface area contributed by atoms with Gasteiger partial charge in [0.2, 0.25) is 0 Å². The third-order valence-corrected chi connectivity index (χ3v) is 3.29. The van der Waals surface area contributed by atoms with Crippen LogP contribution in [-0.4, -0.2) is 25.4 Å². The number of methoxy groups -OCH3 is 2. The molecule has 0 aliphatic rings. The number of rotatable bonds is 6. The van der Waals surface area contributed by atoms with Crippen LogP contribution in [0, 0.1) is 0 Å². The lowest BCUT2D eigenvalue weighted by Gasteiger charge is -2.08. The fourth-order valence-electron chi connectivity index (χ4n) is 2.40. The average molecular weight is 247 g/mol. The molecule has 0 radical (unpaired) electrons. The van der Waals surface area contributed by atoms with Gasteiger partial charge in [-0.3, -0.25) is 0 Å². The van der Waals surface area contributed by atoms with E-state index in [1.54, 1.807) is 14.2 Å². The van der Waals surface area contributed by atoms with Crippen molar-refractivity contribution in [3.63, 3.8) is 0 Å². The molecule has 0 saturated heterocycles. The Morgan fingerprint density at radius 2 is 2.06 bits per heavy atom. The van der Waals surface area contributed by atoms with Gasteiger partial charge < -0.3 is 14.0 Å². The zero-order valence-electron chi connectivity index (χ0n) is 11.4. The van der Waals surface area contributed by atoms with Crippen molar-refractivity contribution < 1.29 is 9.47 Å². The highest BCUT2D eigenvalue weighted by Crippen LogP contribution is 2.30. The van der Waals surface area contributed by atoms with Crippen LogP contribution in [-0.2, 0) is 17.7 Å². The summed E-state index contributed by atoms with van der Waals surface area (Å²) >= 11 is 0. The highest BCUT2D eigenvalue weighted by molar-refractivity contribution is 5.89. The van der Waals surface area contributed by atoms with Crippen molar-refractivity contribution in [2.24, 2.45) is 0 Å². The summed E-state index contributed by atoms with van der Waals surface area (Å²) in [6.45, 7) is 3.94. The summed E-state index contributed by atoms with van der Waals surface area (Å²) in [6, 6.07) is 6.25. The zero-order valence-corrected chi connectivity index (χ0v) is 11.4. The molecule has 0 amide bonds. The van der Waals surface area contributed by atoms with Gasteiger partial charge >= 0.3 is 0 Å². The van der Waals surface area contributed by atoms with Crippen LogP contribution in [0.2, 0.25) is 0 Å². The van der Waals surface area contributed by atoms with E-state index in [-0.39, 0.29) is 0 Å². The van der Waals surface area contributed by atoms with Gasteiger partial charge in [0, 0.05) is 31.8 Å². The van der Waals surface area contributed by atoms with Crippen LogP contribution in [0.25, 0.3) is 10.9 Å². The van der Waals surface area contributed by atoms with Crippen LogP contribution in [0.1, 0.15) is 18.9 Å². The third kappa shape index (κ3) is 2.36. The summed E-state index contributed by atoms with van der Waals surface area (Å²) in [6.07, 6.45) is 4.30. The molecule has 1 heterocycles. The second-order valence-corrected chi connectivity index (χ2v) is 4.40. The summed E-state index contributed by atoms with van der Waals surface area (Å²) in [7, 11) is 3.47. The van der Waals surface area contributed by atoms with E-state index >= 15 is 0 Å². The normalized spacial score (nSPS) is 11.1. The summed E-state index contributed by atoms with van der Waals surface area (Å²) in [5, 5.41) is 1.30. The van der Waals surface area contributed by atoms with E-state index in [4.69, 9.17) is 9.47 Å². The molecule has 2 rings (SSSR count). The molecular formula is C15H21NO2. The maximum atomic E-state index is 5.48. The molecule has 0 aliphatic heterocycles. The number of aryl methyl sites for hydroxylation is 2. The lowest BCUT2D eigenvalue weighted by molar-refractivity contribution is 0.190. The van der Waals surface area contributed by atoms with Gasteiger partial charge in [-0.25, -0.2) is 0 Å². The third-order valence-electron chi connectivity index (χ3n) is 3.29. The largest absolute Gasteiger partial charge is 0.495 e. The Labute approximate surface area is 108 Å². The quantitative estimate of drug-likeness (QED) is 0.731. The fourth-order valence-corrected chi connectivity index (χ4v) is 2.40. The van der Waals surface area contributed by atoms with Crippen LogP contribution in [0.4, 0.5) is 0 Å². The van der Waals surface area contributed by atoms with Gasteiger partial charge in [0.1, 0.15) is 5.75 Å². The number of nitrogens with zero attached hydrogens (tertiary/aromatic N) is 1. The van der Waals surface area contributed by atoms with E-state index in [0.29, 0.717) is 0 Å². The van der Waals surface area contributed by atoms with Crippen molar-refractivity contribution in [3.8, 4) is 5.75 Å². The Morgan fingerprint density at radius 1 is 1.22 bits per heavy atom. The Bertz CT molecular complexity index is 516. The Hall–Kier alpha value is -1.48. The smallest absolute Gasteiger partial charge is 0.143 e. The second kappa shape index (κ2) is 5.91. The van der Waals surface area contributed by atoms with E-state index in [9.17, 15) is 0 Å². The predicted octanol–water partition coefficient (Wildman–Crippen LogP) is 3.25. The first-order chi connectivity index (χ1) is 8.81. The molecule has 0 saturated carbocycles. The van der Waals surface area contributed by atoms with E-state index in [0.717, 1.165) is 31.7 Å². The molecule has 2 aromatic rings. The van der Waals surface area contributed by atoms with E-state index in [2.05, 4.69) is 29.8 Å². The molecule has 0 fully saturated rings. The fraction of sp³-hybridized carbons (Fsp3) is 0.467.